The molecule has 2 heterocycles. The Labute approximate surface area is 146 Å². The second kappa shape index (κ2) is 5.96. The summed E-state index contributed by atoms with van der Waals surface area (Å²) < 4.78 is 12.1. The van der Waals surface area contributed by atoms with Crippen LogP contribution < -0.4 is 0 Å². The van der Waals surface area contributed by atoms with Crippen LogP contribution in [0.25, 0.3) is 32.9 Å². The van der Waals surface area contributed by atoms with Crippen molar-refractivity contribution < 1.29 is 4.21 Å². The van der Waals surface area contributed by atoms with Crippen molar-refractivity contribution >= 4 is 44.2 Å². The van der Waals surface area contributed by atoms with Crippen molar-refractivity contribution in [2.75, 3.05) is 6.26 Å². The quantitative estimate of drug-likeness (QED) is 0.485. The molecule has 3 nitrogen and oxygen atoms in total. The number of pyridine rings is 2. The Balaban J connectivity index is 2.11. The summed E-state index contributed by atoms with van der Waals surface area (Å²) in [5.74, 6) is 0. The second-order valence-electron chi connectivity index (χ2n) is 5.49. The molecule has 2 aromatic heterocycles. The minimum absolute atomic E-state index is 0.614. The predicted octanol–water partition coefficient (Wildman–Crippen LogP) is 4.84. The molecule has 0 N–H and O–H groups in total. The van der Waals surface area contributed by atoms with Gasteiger partial charge in [-0.05, 0) is 41.5 Å². The summed E-state index contributed by atoms with van der Waals surface area (Å²) in [4.78, 5) is 9.75. The molecule has 0 amide bonds. The maximum Gasteiger partial charge on any atom is 0.0970 e. The lowest BCUT2D eigenvalue weighted by Crippen LogP contribution is -1.94. The minimum atomic E-state index is -1.11. The molecule has 0 radical (unpaired) electrons. The Morgan fingerprint density at radius 3 is 2.58 bits per heavy atom. The van der Waals surface area contributed by atoms with Crippen LogP contribution in [0.3, 0.4) is 0 Å². The van der Waals surface area contributed by atoms with Gasteiger partial charge in [0.05, 0.1) is 21.8 Å². The van der Waals surface area contributed by atoms with E-state index < -0.39 is 10.8 Å². The smallest absolute Gasteiger partial charge is 0.0970 e. The van der Waals surface area contributed by atoms with Crippen molar-refractivity contribution in [3.63, 3.8) is 0 Å². The van der Waals surface area contributed by atoms with E-state index in [2.05, 4.69) is 9.97 Å². The fourth-order valence-electron chi connectivity index (χ4n) is 2.95. The lowest BCUT2D eigenvalue weighted by Gasteiger charge is -2.12. The number of fused-ring (bicyclic) bond motifs is 3. The van der Waals surface area contributed by atoms with E-state index in [1.165, 1.54) is 0 Å². The molecule has 1 atom stereocenters. The predicted molar refractivity (Wildman–Crippen MR) is 99.8 cm³/mol. The van der Waals surface area contributed by atoms with Crippen molar-refractivity contribution in [2.45, 2.75) is 4.90 Å². The number of rotatable bonds is 2. The third-order valence-electron chi connectivity index (χ3n) is 4.02. The van der Waals surface area contributed by atoms with Crippen LogP contribution in [-0.2, 0) is 10.8 Å². The molecule has 0 fully saturated rings. The van der Waals surface area contributed by atoms with Gasteiger partial charge >= 0.3 is 0 Å². The highest BCUT2D eigenvalue weighted by Crippen LogP contribution is 2.35. The monoisotopic (exact) mass is 352 g/mol. The number of nitrogens with zero attached hydrogens (tertiary/aromatic N) is 2. The summed E-state index contributed by atoms with van der Waals surface area (Å²) >= 11 is 6.19. The van der Waals surface area contributed by atoms with Gasteiger partial charge in [0.15, 0.2) is 0 Å². The zero-order chi connectivity index (χ0) is 16.7. The minimum Gasteiger partial charge on any atom is -0.255 e. The topological polar surface area (TPSA) is 42.9 Å². The van der Waals surface area contributed by atoms with Gasteiger partial charge in [-0.2, -0.15) is 0 Å². The third kappa shape index (κ3) is 2.48. The van der Waals surface area contributed by atoms with Gasteiger partial charge in [0.1, 0.15) is 0 Å². The maximum atomic E-state index is 12.1. The van der Waals surface area contributed by atoms with E-state index in [0.29, 0.717) is 5.02 Å². The first-order chi connectivity index (χ1) is 11.6. The summed E-state index contributed by atoms with van der Waals surface area (Å²) in [6.45, 7) is 0. The average molecular weight is 353 g/mol. The van der Waals surface area contributed by atoms with Gasteiger partial charge in [0.25, 0.3) is 0 Å². The van der Waals surface area contributed by atoms with Crippen LogP contribution in [0, 0.1) is 0 Å². The number of benzene rings is 2. The molecule has 0 aliphatic rings. The van der Waals surface area contributed by atoms with Crippen LogP contribution in [-0.4, -0.2) is 20.4 Å². The number of hydrogen-bond acceptors (Lipinski definition) is 3. The standard InChI is InChI=1S/C19H13ClN2OS/c1-24(23)17-7-5-13(20)11-16(17)14-8-10-22-19-15(14)6-4-12-3-2-9-21-18(12)19/h2-11H,1H3. The molecule has 0 saturated carbocycles. The van der Waals surface area contributed by atoms with E-state index in [9.17, 15) is 4.21 Å². The van der Waals surface area contributed by atoms with Gasteiger partial charge in [-0.1, -0.05) is 29.8 Å². The van der Waals surface area contributed by atoms with Gasteiger partial charge < -0.3 is 0 Å². The van der Waals surface area contributed by atoms with Crippen molar-refractivity contribution in [1.29, 1.82) is 0 Å². The van der Waals surface area contributed by atoms with E-state index in [1.54, 1.807) is 24.7 Å². The molecule has 5 heteroatoms. The largest absolute Gasteiger partial charge is 0.255 e. The van der Waals surface area contributed by atoms with Crippen molar-refractivity contribution in [2.24, 2.45) is 0 Å². The molecule has 0 aliphatic heterocycles. The van der Waals surface area contributed by atoms with Gasteiger partial charge in [-0.25, -0.2) is 0 Å². The van der Waals surface area contributed by atoms with E-state index in [0.717, 1.165) is 37.8 Å². The molecule has 24 heavy (non-hydrogen) atoms. The molecule has 0 spiro atoms. The van der Waals surface area contributed by atoms with Gasteiger partial charge in [-0.15, -0.1) is 0 Å². The Hall–Kier alpha value is -2.30. The summed E-state index contributed by atoms with van der Waals surface area (Å²) in [6, 6.07) is 15.4. The van der Waals surface area contributed by atoms with Crippen LogP contribution in [0.5, 0.6) is 0 Å². The lowest BCUT2D eigenvalue weighted by atomic mass is 10.00. The van der Waals surface area contributed by atoms with Gasteiger partial charge in [-0.3, -0.25) is 14.2 Å². The fourth-order valence-corrected chi connectivity index (χ4v) is 3.86. The molecular weight excluding hydrogens is 340 g/mol. The van der Waals surface area contributed by atoms with E-state index in [4.69, 9.17) is 11.6 Å². The van der Waals surface area contributed by atoms with Gasteiger partial charge in [0, 0.05) is 39.3 Å². The zero-order valence-electron chi connectivity index (χ0n) is 12.9. The molecule has 118 valence electrons. The average Bonchev–Trinajstić information content (AvgIpc) is 2.60. The summed E-state index contributed by atoms with van der Waals surface area (Å²) in [6.07, 6.45) is 5.20. The number of halogens is 1. The Morgan fingerprint density at radius 1 is 0.917 bits per heavy atom. The fraction of sp³-hybridized carbons (Fsp3) is 0.0526. The molecule has 0 bridgehead atoms. The van der Waals surface area contributed by atoms with Crippen LogP contribution in [0.15, 0.2) is 65.8 Å². The molecule has 2 aromatic carbocycles. The van der Waals surface area contributed by atoms with Crippen LogP contribution in [0.4, 0.5) is 0 Å². The van der Waals surface area contributed by atoms with Crippen molar-refractivity contribution in [1.82, 2.24) is 9.97 Å². The zero-order valence-corrected chi connectivity index (χ0v) is 14.4. The molecule has 4 aromatic rings. The van der Waals surface area contributed by atoms with Crippen LogP contribution in [0.1, 0.15) is 0 Å². The highest BCUT2D eigenvalue weighted by Gasteiger charge is 2.14. The molecule has 0 saturated heterocycles. The Morgan fingerprint density at radius 2 is 1.75 bits per heavy atom. The first-order valence-corrected chi connectivity index (χ1v) is 9.34. The maximum absolute atomic E-state index is 12.1. The summed E-state index contributed by atoms with van der Waals surface area (Å²) in [5, 5.41) is 2.63. The van der Waals surface area contributed by atoms with E-state index in [1.807, 2.05) is 42.5 Å². The number of hydrogen-bond donors (Lipinski definition) is 0. The van der Waals surface area contributed by atoms with Crippen molar-refractivity contribution in [3.8, 4) is 11.1 Å². The van der Waals surface area contributed by atoms with E-state index >= 15 is 0 Å². The molecule has 1 unspecified atom stereocenters. The molecular formula is C19H13ClN2OS. The number of aromatic nitrogens is 2. The highest BCUT2D eigenvalue weighted by molar-refractivity contribution is 7.84. The summed E-state index contributed by atoms with van der Waals surface area (Å²) in [7, 11) is -1.11. The van der Waals surface area contributed by atoms with Crippen LogP contribution >= 0.6 is 11.6 Å². The lowest BCUT2D eigenvalue weighted by molar-refractivity contribution is 0.687. The Kier molecular flexibility index (Phi) is 3.79. The third-order valence-corrected chi connectivity index (χ3v) is 5.23. The van der Waals surface area contributed by atoms with E-state index in [-0.39, 0.29) is 0 Å². The van der Waals surface area contributed by atoms with Crippen molar-refractivity contribution in [3.05, 3.63) is 65.9 Å². The summed E-state index contributed by atoms with van der Waals surface area (Å²) in [5.41, 5.74) is 3.52. The second-order valence-corrected chi connectivity index (χ2v) is 7.27. The molecule has 4 rings (SSSR count). The SMILES string of the molecule is CS(=O)c1ccc(Cl)cc1-c1ccnc2c1ccc1cccnc12. The first kappa shape index (κ1) is 15.2. The highest BCUT2D eigenvalue weighted by atomic mass is 35.5. The normalized spacial score (nSPS) is 12.6. The Bertz CT molecular complexity index is 1110. The first-order valence-electron chi connectivity index (χ1n) is 7.41. The van der Waals surface area contributed by atoms with Gasteiger partial charge in [0.2, 0.25) is 0 Å². The van der Waals surface area contributed by atoms with Crippen LogP contribution in [0.2, 0.25) is 5.02 Å². The molecule has 0 aliphatic carbocycles.